The summed E-state index contributed by atoms with van der Waals surface area (Å²) in [7, 11) is 3.11. The highest BCUT2D eigenvalue weighted by molar-refractivity contribution is 7.80. The van der Waals surface area contributed by atoms with Gasteiger partial charge in [0.25, 0.3) is 0 Å². The second kappa shape index (κ2) is 4.81. The van der Waals surface area contributed by atoms with Crippen LogP contribution in [-0.2, 0) is 0 Å². The lowest BCUT2D eigenvalue weighted by atomic mass is 10.2. The van der Waals surface area contributed by atoms with E-state index in [9.17, 15) is 0 Å². The molecular formula is C9H13N3O2S. The lowest BCUT2D eigenvalue weighted by Crippen LogP contribution is -2.41. The molecule has 0 saturated carbocycles. The summed E-state index contributed by atoms with van der Waals surface area (Å²) in [4.78, 5) is 0. The van der Waals surface area contributed by atoms with Gasteiger partial charge in [-0.25, -0.2) is 5.84 Å². The molecule has 0 radical (unpaired) electrons. The molecule has 15 heavy (non-hydrogen) atoms. The highest BCUT2D eigenvalue weighted by atomic mass is 32.1. The number of anilines is 1. The number of hydrazine groups is 1. The molecule has 0 heterocycles. The average Bonchev–Trinajstić information content (AvgIpc) is 2.26. The molecule has 0 fully saturated rings. The van der Waals surface area contributed by atoms with Gasteiger partial charge in [0.15, 0.2) is 16.6 Å². The summed E-state index contributed by atoms with van der Waals surface area (Å²) in [5.74, 6) is 6.82. The summed E-state index contributed by atoms with van der Waals surface area (Å²) in [5.41, 5.74) is 6.03. The van der Waals surface area contributed by atoms with Gasteiger partial charge in [-0.2, -0.15) is 0 Å². The number of methoxy groups -OCH3 is 2. The molecule has 82 valence electrons. The molecule has 0 atom stereocenters. The van der Waals surface area contributed by atoms with Crippen LogP contribution in [0.3, 0.4) is 0 Å². The van der Waals surface area contributed by atoms with Crippen molar-refractivity contribution in [1.29, 1.82) is 0 Å². The van der Waals surface area contributed by atoms with E-state index in [1.807, 2.05) is 0 Å². The molecule has 1 aromatic rings. The molecule has 0 spiro atoms. The Morgan fingerprint density at radius 2 is 1.87 bits per heavy atom. The topological polar surface area (TPSA) is 73.7 Å². The van der Waals surface area contributed by atoms with E-state index in [0.29, 0.717) is 17.2 Å². The van der Waals surface area contributed by atoms with E-state index < -0.39 is 0 Å². The van der Waals surface area contributed by atoms with Crippen molar-refractivity contribution in [3.63, 3.8) is 0 Å². The third-order valence-corrected chi connectivity index (χ3v) is 2.08. The maximum absolute atomic E-state index is 5.62. The first-order valence-electron chi connectivity index (χ1n) is 4.16. The lowest BCUT2D eigenvalue weighted by Gasteiger charge is -2.17. The van der Waals surface area contributed by atoms with Crippen LogP contribution in [0.25, 0.3) is 0 Å². The number of ether oxygens (including phenoxy) is 2. The maximum atomic E-state index is 5.62. The first-order valence-corrected chi connectivity index (χ1v) is 4.57. The van der Waals surface area contributed by atoms with Gasteiger partial charge in [0, 0.05) is 6.07 Å². The Labute approximate surface area is 93.5 Å². The van der Waals surface area contributed by atoms with Crippen molar-refractivity contribution in [1.82, 2.24) is 0 Å². The molecule has 4 N–H and O–H groups in total. The van der Waals surface area contributed by atoms with E-state index in [1.165, 1.54) is 5.01 Å². The van der Waals surface area contributed by atoms with E-state index in [0.717, 1.165) is 0 Å². The minimum absolute atomic E-state index is 0.0854. The van der Waals surface area contributed by atoms with Crippen molar-refractivity contribution in [2.45, 2.75) is 0 Å². The number of thiocarbonyl (C=S) groups is 1. The zero-order chi connectivity index (χ0) is 11.4. The second-order valence-electron chi connectivity index (χ2n) is 2.75. The Morgan fingerprint density at radius 1 is 1.27 bits per heavy atom. The third kappa shape index (κ3) is 2.48. The van der Waals surface area contributed by atoms with E-state index >= 15 is 0 Å². The molecule has 0 unspecified atom stereocenters. The van der Waals surface area contributed by atoms with Crippen LogP contribution in [0.5, 0.6) is 11.5 Å². The van der Waals surface area contributed by atoms with E-state index in [-0.39, 0.29) is 5.11 Å². The van der Waals surface area contributed by atoms with Crippen molar-refractivity contribution in [2.75, 3.05) is 19.2 Å². The summed E-state index contributed by atoms with van der Waals surface area (Å²) < 4.78 is 10.2. The SMILES string of the molecule is COc1ccc(N(N)C(N)=S)cc1OC. The molecule has 5 nitrogen and oxygen atoms in total. The van der Waals surface area contributed by atoms with Crippen LogP contribution in [0.1, 0.15) is 0 Å². The molecule has 0 aliphatic rings. The van der Waals surface area contributed by atoms with Gasteiger partial charge in [-0.3, -0.25) is 5.01 Å². The van der Waals surface area contributed by atoms with Gasteiger partial charge >= 0.3 is 0 Å². The monoisotopic (exact) mass is 227 g/mol. The van der Waals surface area contributed by atoms with Gasteiger partial charge < -0.3 is 15.2 Å². The fourth-order valence-corrected chi connectivity index (χ4v) is 1.21. The minimum atomic E-state index is 0.0854. The number of nitrogens with zero attached hydrogens (tertiary/aromatic N) is 1. The Bertz CT molecular complexity index is 370. The summed E-state index contributed by atoms with van der Waals surface area (Å²) in [6.45, 7) is 0. The number of nitrogens with two attached hydrogens (primary N) is 2. The lowest BCUT2D eigenvalue weighted by molar-refractivity contribution is 0.355. The minimum Gasteiger partial charge on any atom is -0.493 e. The first kappa shape index (κ1) is 11.5. The Hall–Kier alpha value is -1.53. The van der Waals surface area contributed by atoms with Crippen LogP contribution in [0.2, 0.25) is 0 Å². The number of hydrogen-bond donors (Lipinski definition) is 2. The van der Waals surface area contributed by atoms with Crippen LogP contribution < -0.4 is 26.1 Å². The number of benzene rings is 1. The number of hydrogen-bond acceptors (Lipinski definition) is 4. The molecule has 1 aromatic carbocycles. The first-order chi connectivity index (χ1) is 7.10. The Kier molecular flexibility index (Phi) is 3.70. The zero-order valence-electron chi connectivity index (χ0n) is 8.56. The summed E-state index contributed by atoms with van der Waals surface area (Å²) in [5, 5.41) is 1.28. The van der Waals surface area contributed by atoms with Crippen molar-refractivity contribution in [3.05, 3.63) is 18.2 Å². The molecule has 0 aromatic heterocycles. The van der Waals surface area contributed by atoms with Crippen LogP contribution in [0.15, 0.2) is 18.2 Å². The predicted molar refractivity (Wildman–Crippen MR) is 63.0 cm³/mol. The van der Waals surface area contributed by atoms with Gasteiger partial charge in [-0.05, 0) is 24.4 Å². The molecule has 6 heteroatoms. The van der Waals surface area contributed by atoms with Crippen LogP contribution in [0, 0.1) is 0 Å². The van der Waals surface area contributed by atoms with E-state index in [1.54, 1.807) is 32.4 Å². The summed E-state index contributed by atoms with van der Waals surface area (Å²) >= 11 is 4.75. The molecule has 0 aliphatic carbocycles. The van der Waals surface area contributed by atoms with Gasteiger partial charge in [0.05, 0.1) is 19.9 Å². The molecule has 0 amide bonds. The molecule has 0 bridgehead atoms. The Balaban J connectivity index is 3.07. The predicted octanol–water partition coefficient (Wildman–Crippen LogP) is 0.627. The van der Waals surface area contributed by atoms with Crippen molar-refractivity contribution in [2.24, 2.45) is 11.6 Å². The maximum Gasteiger partial charge on any atom is 0.185 e. The van der Waals surface area contributed by atoms with Crippen molar-refractivity contribution >= 4 is 23.0 Å². The van der Waals surface area contributed by atoms with Crippen LogP contribution in [-0.4, -0.2) is 19.3 Å². The highest BCUT2D eigenvalue weighted by Crippen LogP contribution is 2.30. The smallest absolute Gasteiger partial charge is 0.185 e. The standard InChI is InChI=1S/C9H13N3O2S/c1-13-7-4-3-6(5-8(7)14-2)12(11)9(10)15/h3-5H,11H2,1-2H3,(H2,10,15). The van der Waals surface area contributed by atoms with Gasteiger partial charge in [0.1, 0.15) is 0 Å². The van der Waals surface area contributed by atoms with Crippen LogP contribution >= 0.6 is 12.2 Å². The Morgan fingerprint density at radius 3 is 2.33 bits per heavy atom. The van der Waals surface area contributed by atoms with Gasteiger partial charge in [-0.1, -0.05) is 0 Å². The van der Waals surface area contributed by atoms with E-state index in [2.05, 4.69) is 0 Å². The van der Waals surface area contributed by atoms with Gasteiger partial charge in [0.2, 0.25) is 0 Å². The normalized spacial score (nSPS) is 9.53. The molecular weight excluding hydrogens is 214 g/mol. The van der Waals surface area contributed by atoms with Crippen molar-refractivity contribution in [3.8, 4) is 11.5 Å². The summed E-state index contributed by atoms with van der Waals surface area (Å²) in [6.07, 6.45) is 0. The van der Waals surface area contributed by atoms with Gasteiger partial charge in [-0.15, -0.1) is 0 Å². The largest absolute Gasteiger partial charge is 0.493 e. The van der Waals surface area contributed by atoms with E-state index in [4.69, 9.17) is 33.3 Å². The number of rotatable bonds is 3. The molecule has 0 aliphatic heterocycles. The zero-order valence-corrected chi connectivity index (χ0v) is 9.38. The van der Waals surface area contributed by atoms with Crippen LogP contribution in [0.4, 0.5) is 5.69 Å². The third-order valence-electron chi connectivity index (χ3n) is 1.88. The van der Waals surface area contributed by atoms with Crippen molar-refractivity contribution < 1.29 is 9.47 Å². The second-order valence-corrected chi connectivity index (χ2v) is 3.17. The fraction of sp³-hybridized carbons (Fsp3) is 0.222. The summed E-state index contributed by atoms with van der Waals surface area (Å²) in [6, 6.07) is 5.16. The fourth-order valence-electron chi connectivity index (χ4n) is 1.10. The molecule has 1 rings (SSSR count). The molecule has 0 saturated heterocycles. The highest BCUT2D eigenvalue weighted by Gasteiger charge is 2.09. The average molecular weight is 227 g/mol. The quantitative estimate of drug-likeness (QED) is 0.448.